The number of hydrogen-bond acceptors (Lipinski definition) is 0. The van der Waals surface area contributed by atoms with Crippen LogP contribution in [0.5, 0.6) is 0 Å². The van der Waals surface area contributed by atoms with Gasteiger partial charge in [0.15, 0.2) is 0 Å². The molecule has 2 unspecified atom stereocenters. The van der Waals surface area contributed by atoms with Gasteiger partial charge < -0.3 is 0 Å². The standard InChI is InChI=1S/C50H62Si/c1-5-9-11-13-19-41-33-47-43(39-29-25-37(17-7-3)26-30-39)21-15-23-45(47)49(41)35-51-36-50-42(20-14-12-10-6-2)34-48-44(22-16-24-46(48)50)40-31-27-38(18-8-4)28-32-40/h15-16,21-34,49-50H,5-14,17-20,35-36H2,1-4H3. The van der Waals surface area contributed by atoms with E-state index >= 15 is 0 Å². The Bertz CT molecular complexity index is 1620. The summed E-state index contributed by atoms with van der Waals surface area (Å²) in [6.07, 6.45) is 23.1. The average molecular weight is 691 g/mol. The Labute approximate surface area is 313 Å². The summed E-state index contributed by atoms with van der Waals surface area (Å²) >= 11 is 0. The molecule has 51 heavy (non-hydrogen) atoms. The van der Waals surface area contributed by atoms with E-state index in [-0.39, 0.29) is 0 Å². The van der Waals surface area contributed by atoms with E-state index in [0.717, 1.165) is 22.4 Å². The fourth-order valence-electron chi connectivity index (χ4n) is 8.71. The fraction of sp³-hybridized carbons (Fsp3) is 0.440. The van der Waals surface area contributed by atoms with Gasteiger partial charge in [-0.3, -0.25) is 0 Å². The van der Waals surface area contributed by atoms with Gasteiger partial charge in [0.05, 0.1) is 0 Å². The lowest BCUT2D eigenvalue weighted by Crippen LogP contribution is -2.08. The van der Waals surface area contributed by atoms with Crippen molar-refractivity contribution >= 4 is 21.7 Å². The van der Waals surface area contributed by atoms with Gasteiger partial charge in [-0.1, -0.05) is 199 Å². The van der Waals surface area contributed by atoms with Crippen LogP contribution < -0.4 is 0 Å². The van der Waals surface area contributed by atoms with Crippen molar-refractivity contribution in [1.82, 2.24) is 0 Å². The van der Waals surface area contributed by atoms with Gasteiger partial charge in [0.25, 0.3) is 0 Å². The van der Waals surface area contributed by atoms with Crippen LogP contribution in [0.15, 0.2) is 96.1 Å². The molecule has 0 aromatic heterocycles. The van der Waals surface area contributed by atoms with Crippen LogP contribution in [0.25, 0.3) is 34.4 Å². The smallest absolute Gasteiger partial charge is 0.0397 e. The molecular weight excluding hydrogens is 629 g/mol. The zero-order valence-corrected chi connectivity index (χ0v) is 33.2. The molecule has 2 atom stereocenters. The van der Waals surface area contributed by atoms with Gasteiger partial charge in [0.2, 0.25) is 0 Å². The van der Waals surface area contributed by atoms with E-state index in [1.807, 2.05) is 0 Å². The van der Waals surface area contributed by atoms with Crippen LogP contribution in [0.2, 0.25) is 12.1 Å². The van der Waals surface area contributed by atoms with Gasteiger partial charge in [-0.25, -0.2) is 0 Å². The van der Waals surface area contributed by atoms with Gasteiger partial charge in [0.1, 0.15) is 0 Å². The summed E-state index contributed by atoms with van der Waals surface area (Å²) in [5.41, 5.74) is 18.0. The molecule has 4 aromatic rings. The molecule has 6 rings (SSSR count). The largest absolute Gasteiger partial charge is 0.0654 e. The maximum absolute atomic E-state index is 2.62. The summed E-state index contributed by atoms with van der Waals surface area (Å²) in [7, 11) is 0.948. The summed E-state index contributed by atoms with van der Waals surface area (Å²) in [4.78, 5) is 0. The van der Waals surface area contributed by atoms with Crippen LogP contribution >= 0.6 is 0 Å². The van der Waals surface area contributed by atoms with Crippen LogP contribution in [0.4, 0.5) is 0 Å². The van der Waals surface area contributed by atoms with Gasteiger partial charge in [-0.15, -0.1) is 0 Å². The monoisotopic (exact) mass is 690 g/mol. The minimum absolute atomic E-state index is 0.560. The molecule has 266 valence electrons. The highest BCUT2D eigenvalue weighted by Gasteiger charge is 2.30. The number of aryl methyl sites for hydroxylation is 2. The molecule has 0 bridgehead atoms. The Kier molecular flexibility index (Phi) is 13.8. The summed E-state index contributed by atoms with van der Waals surface area (Å²) in [5, 5.41) is 0. The molecule has 0 aliphatic heterocycles. The second-order valence-corrected chi connectivity index (χ2v) is 16.7. The Morgan fingerprint density at radius 2 is 0.863 bits per heavy atom. The van der Waals surface area contributed by atoms with Crippen LogP contribution in [-0.4, -0.2) is 9.52 Å². The van der Waals surface area contributed by atoms with Gasteiger partial charge in [-0.2, -0.15) is 0 Å². The Morgan fingerprint density at radius 1 is 0.431 bits per heavy atom. The Morgan fingerprint density at radius 3 is 1.25 bits per heavy atom. The topological polar surface area (TPSA) is 0 Å². The normalized spacial score (nSPS) is 16.2. The molecule has 0 fully saturated rings. The molecule has 4 aromatic carbocycles. The molecule has 1 heteroatoms. The van der Waals surface area contributed by atoms with Crippen molar-refractivity contribution in [2.75, 3.05) is 0 Å². The zero-order chi connectivity index (χ0) is 35.4. The van der Waals surface area contributed by atoms with E-state index in [2.05, 4.69) is 125 Å². The van der Waals surface area contributed by atoms with Gasteiger partial charge >= 0.3 is 0 Å². The van der Waals surface area contributed by atoms with Crippen molar-refractivity contribution in [3.8, 4) is 22.3 Å². The molecule has 2 radical (unpaired) electrons. The van der Waals surface area contributed by atoms with E-state index in [9.17, 15) is 0 Å². The highest BCUT2D eigenvalue weighted by atomic mass is 28.2. The SMILES string of the molecule is CCCCCCC1=Cc2c(-c3ccc(CCC)cc3)cccc2C1C[Si]CC1C(CCCCCC)=Cc2c(-c3ccc(CCC)cc3)cccc21. The lowest BCUT2D eigenvalue weighted by molar-refractivity contribution is 0.648. The van der Waals surface area contributed by atoms with E-state index in [4.69, 9.17) is 0 Å². The van der Waals surface area contributed by atoms with Crippen molar-refractivity contribution in [3.05, 3.63) is 129 Å². The van der Waals surface area contributed by atoms with Crippen molar-refractivity contribution in [2.24, 2.45) is 0 Å². The lowest BCUT2D eigenvalue weighted by atomic mass is 9.91. The van der Waals surface area contributed by atoms with Gasteiger partial charge in [-0.05, 0) is 94.2 Å². The van der Waals surface area contributed by atoms with Crippen LogP contribution in [0.1, 0.15) is 150 Å². The van der Waals surface area contributed by atoms with Crippen LogP contribution in [0, 0.1) is 0 Å². The fourth-order valence-corrected chi connectivity index (χ4v) is 10.4. The Hall–Kier alpha value is -3.42. The number of fused-ring (bicyclic) bond motifs is 2. The van der Waals surface area contributed by atoms with E-state index in [1.54, 1.807) is 22.3 Å². The number of benzene rings is 4. The van der Waals surface area contributed by atoms with E-state index in [1.165, 1.54) is 134 Å². The maximum atomic E-state index is 2.62. The van der Waals surface area contributed by atoms with Crippen LogP contribution in [-0.2, 0) is 12.8 Å². The average Bonchev–Trinajstić information content (AvgIpc) is 3.70. The predicted octanol–water partition coefficient (Wildman–Crippen LogP) is 15.1. The molecule has 0 heterocycles. The third-order valence-corrected chi connectivity index (χ3v) is 12.9. The lowest BCUT2D eigenvalue weighted by Gasteiger charge is -2.21. The summed E-state index contributed by atoms with van der Waals surface area (Å²) < 4.78 is 0. The minimum Gasteiger partial charge on any atom is -0.0654 e. The molecule has 0 amide bonds. The van der Waals surface area contributed by atoms with Crippen LogP contribution in [0.3, 0.4) is 0 Å². The molecule has 0 N–H and O–H groups in total. The number of allylic oxidation sites excluding steroid dienone is 2. The molecule has 0 spiro atoms. The summed E-state index contributed by atoms with van der Waals surface area (Å²) in [6.45, 7) is 9.19. The first-order valence-electron chi connectivity index (χ1n) is 20.7. The number of unbranched alkanes of at least 4 members (excludes halogenated alkanes) is 6. The highest BCUT2D eigenvalue weighted by Crippen LogP contribution is 2.48. The molecule has 0 nitrogen and oxygen atoms in total. The highest BCUT2D eigenvalue weighted by molar-refractivity contribution is 6.36. The third-order valence-electron chi connectivity index (χ3n) is 11.5. The molecule has 2 aliphatic rings. The first kappa shape index (κ1) is 37.3. The quantitative estimate of drug-likeness (QED) is 0.0640. The van der Waals surface area contributed by atoms with Crippen molar-refractivity contribution in [3.63, 3.8) is 0 Å². The summed E-state index contributed by atoms with van der Waals surface area (Å²) in [6, 6.07) is 35.7. The summed E-state index contributed by atoms with van der Waals surface area (Å²) in [5.74, 6) is 1.12. The molecule has 0 saturated heterocycles. The minimum atomic E-state index is 0.560. The zero-order valence-electron chi connectivity index (χ0n) is 32.2. The first-order valence-corrected chi connectivity index (χ1v) is 22.1. The molecule has 0 saturated carbocycles. The molecule has 2 aliphatic carbocycles. The Balaban J connectivity index is 1.24. The number of rotatable bonds is 20. The number of hydrogen-bond donors (Lipinski definition) is 0. The van der Waals surface area contributed by atoms with Crippen molar-refractivity contribution in [2.45, 2.75) is 142 Å². The molecular formula is C50H62Si. The van der Waals surface area contributed by atoms with E-state index in [0.29, 0.717) is 11.8 Å². The van der Waals surface area contributed by atoms with Crippen molar-refractivity contribution < 1.29 is 0 Å². The van der Waals surface area contributed by atoms with Crippen molar-refractivity contribution in [1.29, 1.82) is 0 Å². The van der Waals surface area contributed by atoms with E-state index < -0.39 is 0 Å². The predicted molar refractivity (Wildman–Crippen MR) is 226 cm³/mol. The second-order valence-electron chi connectivity index (χ2n) is 15.3. The van der Waals surface area contributed by atoms with Gasteiger partial charge in [0, 0.05) is 21.4 Å². The maximum Gasteiger partial charge on any atom is 0.0397 e. The second kappa shape index (κ2) is 18.9. The first-order chi connectivity index (χ1) is 25.1. The third kappa shape index (κ3) is 9.15.